The Labute approximate surface area is 90.5 Å². The standard InChI is InChI=1S/C12H18N2O/c15-12-5-3-10(4-6-12)8-14-11-2-1-7-13-9-11/h3-6,11,13-15H,1-2,7-9H2. The van der Waals surface area contributed by atoms with Gasteiger partial charge in [0.15, 0.2) is 0 Å². The van der Waals surface area contributed by atoms with Crippen LogP contribution < -0.4 is 10.6 Å². The largest absolute Gasteiger partial charge is 0.508 e. The zero-order valence-electron chi connectivity index (χ0n) is 8.87. The van der Waals surface area contributed by atoms with Crippen LogP contribution in [0.5, 0.6) is 5.75 Å². The fourth-order valence-corrected chi connectivity index (χ4v) is 1.90. The lowest BCUT2D eigenvalue weighted by Gasteiger charge is -2.23. The monoisotopic (exact) mass is 206 g/mol. The average Bonchev–Trinajstić information content (AvgIpc) is 2.30. The summed E-state index contributed by atoms with van der Waals surface area (Å²) in [4.78, 5) is 0. The predicted octanol–water partition coefficient (Wildman–Crippen LogP) is 1.23. The number of phenols is 1. The third-order valence-electron chi connectivity index (χ3n) is 2.83. The fraction of sp³-hybridized carbons (Fsp3) is 0.500. The highest BCUT2D eigenvalue weighted by atomic mass is 16.3. The van der Waals surface area contributed by atoms with Crippen LogP contribution in [0.25, 0.3) is 0 Å². The van der Waals surface area contributed by atoms with Crippen molar-refractivity contribution in [2.75, 3.05) is 13.1 Å². The van der Waals surface area contributed by atoms with Gasteiger partial charge in [-0.05, 0) is 37.1 Å². The molecule has 1 aliphatic rings. The normalized spacial score (nSPS) is 21.5. The minimum atomic E-state index is 0.332. The molecule has 0 aromatic heterocycles. The van der Waals surface area contributed by atoms with Gasteiger partial charge in [-0.2, -0.15) is 0 Å². The summed E-state index contributed by atoms with van der Waals surface area (Å²) in [5.41, 5.74) is 1.22. The number of piperidine rings is 1. The quantitative estimate of drug-likeness (QED) is 0.697. The number of benzene rings is 1. The van der Waals surface area contributed by atoms with Gasteiger partial charge in [-0.1, -0.05) is 12.1 Å². The van der Waals surface area contributed by atoms with Gasteiger partial charge in [0.25, 0.3) is 0 Å². The zero-order valence-corrected chi connectivity index (χ0v) is 8.87. The van der Waals surface area contributed by atoms with Gasteiger partial charge >= 0.3 is 0 Å². The Morgan fingerprint density at radius 2 is 2.13 bits per heavy atom. The Morgan fingerprint density at radius 1 is 1.33 bits per heavy atom. The summed E-state index contributed by atoms with van der Waals surface area (Å²) in [6.45, 7) is 3.10. The molecule has 0 saturated carbocycles. The number of hydrogen-bond donors (Lipinski definition) is 3. The first kappa shape index (κ1) is 10.5. The molecule has 1 saturated heterocycles. The highest BCUT2D eigenvalue weighted by Gasteiger charge is 2.11. The van der Waals surface area contributed by atoms with Gasteiger partial charge in [-0.3, -0.25) is 0 Å². The van der Waals surface area contributed by atoms with Crippen molar-refractivity contribution in [3.8, 4) is 5.75 Å². The first-order chi connectivity index (χ1) is 7.34. The molecular formula is C12H18N2O. The molecule has 0 bridgehead atoms. The highest BCUT2D eigenvalue weighted by molar-refractivity contribution is 5.25. The molecule has 1 fully saturated rings. The summed E-state index contributed by atoms with van der Waals surface area (Å²) in [5, 5.41) is 16.0. The molecule has 1 aliphatic heterocycles. The SMILES string of the molecule is Oc1ccc(CNC2CCCNC2)cc1. The van der Waals surface area contributed by atoms with Crippen molar-refractivity contribution in [2.45, 2.75) is 25.4 Å². The van der Waals surface area contributed by atoms with Crippen LogP contribution in [0.1, 0.15) is 18.4 Å². The van der Waals surface area contributed by atoms with Gasteiger partial charge in [0.2, 0.25) is 0 Å². The van der Waals surface area contributed by atoms with Crippen LogP contribution in [0.15, 0.2) is 24.3 Å². The molecule has 1 aromatic rings. The zero-order chi connectivity index (χ0) is 10.5. The minimum Gasteiger partial charge on any atom is -0.508 e. The lowest BCUT2D eigenvalue weighted by Crippen LogP contribution is -2.42. The molecule has 2 rings (SSSR count). The van der Waals surface area contributed by atoms with Crippen LogP contribution in [-0.4, -0.2) is 24.2 Å². The van der Waals surface area contributed by atoms with Crippen LogP contribution in [0.3, 0.4) is 0 Å². The lowest BCUT2D eigenvalue weighted by molar-refractivity contribution is 0.389. The molecule has 1 unspecified atom stereocenters. The van der Waals surface area contributed by atoms with Crippen LogP contribution in [-0.2, 0) is 6.54 Å². The molecule has 1 heterocycles. The van der Waals surface area contributed by atoms with E-state index >= 15 is 0 Å². The van der Waals surface area contributed by atoms with Crippen LogP contribution in [0.2, 0.25) is 0 Å². The van der Waals surface area contributed by atoms with Gasteiger partial charge in [-0.25, -0.2) is 0 Å². The van der Waals surface area contributed by atoms with Crippen molar-refractivity contribution in [1.82, 2.24) is 10.6 Å². The summed E-state index contributed by atoms with van der Waals surface area (Å²) in [5.74, 6) is 0.332. The Bertz CT molecular complexity index is 291. The minimum absolute atomic E-state index is 0.332. The van der Waals surface area contributed by atoms with Crippen molar-refractivity contribution < 1.29 is 5.11 Å². The van der Waals surface area contributed by atoms with Crippen molar-refractivity contribution in [2.24, 2.45) is 0 Å². The maximum atomic E-state index is 9.14. The average molecular weight is 206 g/mol. The van der Waals surface area contributed by atoms with E-state index in [9.17, 15) is 0 Å². The molecule has 0 aliphatic carbocycles. The Morgan fingerprint density at radius 3 is 2.80 bits per heavy atom. The first-order valence-electron chi connectivity index (χ1n) is 5.56. The van der Waals surface area contributed by atoms with E-state index in [0.29, 0.717) is 11.8 Å². The van der Waals surface area contributed by atoms with Crippen molar-refractivity contribution in [3.05, 3.63) is 29.8 Å². The topological polar surface area (TPSA) is 44.3 Å². The first-order valence-corrected chi connectivity index (χ1v) is 5.56. The van der Waals surface area contributed by atoms with E-state index in [1.807, 2.05) is 12.1 Å². The summed E-state index contributed by atoms with van der Waals surface area (Å²) in [7, 11) is 0. The van der Waals surface area contributed by atoms with Gasteiger partial charge in [0.1, 0.15) is 5.75 Å². The number of phenolic OH excluding ortho intramolecular Hbond substituents is 1. The lowest BCUT2D eigenvalue weighted by atomic mass is 10.1. The number of hydrogen-bond acceptors (Lipinski definition) is 3. The molecule has 0 spiro atoms. The number of nitrogens with one attached hydrogen (secondary N) is 2. The maximum absolute atomic E-state index is 9.14. The van der Waals surface area contributed by atoms with Gasteiger partial charge in [-0.15, -0.1) is 0 Å². The molecular weight excluding hydrogens is 188 g/mol. The molecule has 0 amide bonds. The summed E-state index contributed by atoms with van der Waals surface area (Å²) < 4.78 is 0. The third-order valence-corrected chi connectivity index (χ3v) is 2.83. The molecule has 1 atom stereocenters. The molecule has 3 heteroatoms. The van der Waals surface area contributed by atoms with Crippen molar-refractivity contribution in [3.63, 3.8) is 0 Å². The second-order valence-electron chi connectivity index (χ2n) is 4.09. The Balaban J connectivity index is 1.79. The second kappa shape index (κ2) is 5.14. The van der Waals surface area contributed by atoms with Crippen molar-refractivity contribution >= 4 is 0 Å². The molecule has 3 N–H and O–H groups in total. The fourth-order valence-electron chi connectivity index (χ4n) is 1.90. The van der Waals surface area contributed by atoms with Gasteiger partial charge in [0, 0.05) is 19.1 Å². The van der Waals surface area contributed by atoms with E-state index in [1.54, 1.807) is 12.1 Å². The van der Waals surface area contributed by atoms with E-state index in [1.165, 1.54) is 18.4 Å². The molecule has 82 valence electrons. The highest BCUT2D eigenvalue weighted by Crippen LogP contribution is 2.10. The van der Waals surface area contributed by atoms with Crippen LogP contribution in [0.4, 0.5) is 0 Å². The van der Waals surface area contributed by atoms with E-state index in [-0.39, 0.29) is 0 Å². The second-order valence-corrected chi connectivity index (χ2v) is 4.09. The van der Waals surface area contributed by atoms with Crippen LogP contribution in [0, 0.1) is 0 Å². The van der Waals surface area contributed by atoms with E-state index < -0.39 is 0 Å². The van der Waals surface area contributed by atoms with E-state index in [2.05, 4.69) is 10.6 Å². The van der Waals surface area contributed by atoms with E-state index in [4.69, 9.17) is 5.11 Å². The van der Waals surface area contributed by atoms with Crippen molar-refractivity contribution in [1.29, 1.82) is 0 Å². The molecule has 1 aromatic carbocycles. The Hall–Kier alpha value is -1.06. The maximum Gasteiger partial charge on any atom is 0.115 e. The molecule has 0 radical (unpaired) electrons. The Kier molecular flexibility index (Phi) is 3.59. The third kappa shape index (κ3) is 3.22. The summed E-state index contributed by atoms with van der Waals surface area (Å²) >= 11 is 0. The van der Waals surface area contributed by atoms with E-state index in [0.717, 1.165) is 19.6 Å². The molecule has 3 nitrogen and oxygen atoms in total. The van der Waals surface area contributed by atoms with Gasteiger partial charge in [0.05, 0.1) is 0 Å². The number of rotatable bonds is 3. The summed E-state index contributed by atoms with van der Waals surface area (Å²) in [6.07, 6.45) is 2.51. The summed E-state index contributed by atoms with van der Waals surface area (Å²) in [6, 6.07) is 7.97. The smallest absolute Gasteiger partial charge is 0.115 e. The predicted molar refractivity (Wildman–Crippen MR) is 60.8 cm³/mol. The van der Waals surface area contributed by atoms with Gasteiger partial charge < -0.3 is 15.7 Å². The molecule has 15 heavy (non-hydrogen) atoms. The number of aromatic hydroxyl groups is 1. The van der Waals surface area contributed by atoms with Crippen LogP contribution >= 0.6 is 0 Å².